The zero-order chi connectivity index (χ0) is 34.6. The Kier molecular flexibility index (Phi) is 8.92. The van der Waals surface area contributed by atoms with Crippen molar-refractivity contribution in [1.82, 2.24) is 9.88 Å². The molecule has 0 radical (unpaired) electrons. The Morgan fingerprint density at radius 1 is 0.958 bits per heavy atom. The van der Waals surface area contributed by atoms with Crippen LogP contribution >= 0.6 is 0 Å². The van der Waals surface area contributed by atoms with Gasteiger partial charge in [0.05, 0.1) is 49.6 Å². The molecule has 0 unspecified atom stereocenters. The molecule has 1 amide bonds. The predicted molar refractivity (Wildman–Crippen MR) is 163 cm³/mol. The normalized spacial score (nSPS) is 21.7. The van der Waals surface area contributed by atoms with Crippen molar-refractivity contribution in [2.24, 2.45) is 5.41 Å². The quantitative estimate of drug-likeness (QED) is 0.261. The molecule has 2 atom stereocenters. The van der Waals surface area contributed by atoms with E-state index in [1.54, 1.807) is 6.07 Å². The molecule has 2 aromatic carbocycles. The Balaban J connectivity index is 1.36. The molecule has 3 aromatic rings. The summed E-state index contributed by atoms with van der Waals surface area (Å²) >= 11 is 0. The van der Waals surface area contributed by atoms with Crippen LogP contribution in [-0.4, -0.2) is 62.6 Å². The Labute approximate surface area is 274 Å². The zero-order valence-corrected chi connectivity index (χ0v) is 26.8. The van der Waals surface area contributed by atoms with E-state index in [1.165, 1.54) is 18.9 Å². The van der Waals surface area contributed by atoms with Crippen LogP contribution in [0.25, 0.3) is 11.1 Å². The molecular formula is C33H35BF6N3O5+. The van der Waals surface area contributed by atoms with Gasteiger partial charge in [-0.1, -0.05) is 26.0 Å². The van der Waals surface area contributed by atoms with E-state index in [-0.39, 0.29) is 18.0 Å². The molecule has 3 fully saturated rings. The maximum atomic E-state index is 13.6. The molecule has 3 aliphatic rings. The highest BCUT2D eigenvalue weighted by Gasteiger charge is 2.44. The first kappa shape index (κ1) is 34.1. The number of halogens is 6. The Hall–Kier alpha value is -3.82. The number of amides is 1. The maximum absolute atomic E-state index is 13.6. The zero-order valence-electron chi connectivity index (χ0n) is 26.8. The van der Waals surface area contributed by atoms with Crippen LogP contribution in [0.5, 0.6) is 5.75 Å². The van der Waals surface area contributed by atoms with Crippen molar-refractivity contribution in [1.29, 1.82) is 0 Å². The topological polar surface area (TPSA) is 74.6 Å². The van der Waals surface area contributed by atoms with Crippen LogP contribution in [0.15, 0.2) is 48.5 Å². The fourth-order valence-electron chi connectivity index (χ4n) is 6.11. The van der Waals surface area contributed by atoms with E-state index in [1.807, 2.05) is 38.1 Å². The number of nitrogens with one attached hydrogen (secondary N) is 1. The van der Waals surface area contributed by atoms with Crippen LogP contribution in [0.2, 0.25) is 0 Å². The summed E-state index contributed by atoms with van der Waals surface area (Å²) in [5.41, 5.74) is -1.05. The summed E-state index contributed by atoms with van der Waals surface area (Å²) < 4.78 is 105. The molecule has 1 N–H and O–H groups in total. The number of benzene rings is 2. The summed E-state index contributed by atoms with van der Waals surface area (Å²) in [6, 6.07) is 9.57. The van der Waals surface area contributed by atoms with Crippen molar-refractivity contribution in [3.63, 3.8) is 0 Å². The molecule has 1 aromatic heterocycles. The largest absolute Gasteiger partial charge is 0.496 e. The van der Waals surface area contributed by atoms with Gasteiger partial charge in [-0.15, -0.1) is 0 Å². The number of aromatic nitrogens is 1. The smallest absolute Gasteiger partial charge is 0.493 e. The number of quaternary nitrogens is 1. The number of alkyl halides is 6. The van der Waals surface area contributed by atoms with Gasteiger partial charge in [-0.2, -0.15) is 31.3 Å². The van der Waals surface area contributed by atoms with Gasteiger partial charge in [-0.3, -0.25) is 9.80 Å². The average molecular weight is 678 g/mol. The van der Waals surface area contributed by atoms with Crippen molar-refractivity contribution >= 4 is 24.5 Å². The second kappa shape index (κ2) is 12.6. The van der Waals surface area contributed by atoms with Gasteiger partial charge in [-0.05, 0) is 48.3 Å². The van der Waals surface area contributed by atoms with Crippen molar-refractivity contribution < 1.29 is 54.8 Å². The predicted octanol–water partition coefficient (Wildman–Crippen LogP) is 5.57. The van der Waals surface area contributed by atoms with Crippen LogP contribution in [0, 0.1) is 5.41 Å². The average Bonchev–Trinajstić information content (AvgIpc) is 3.27. The molecule has 6 rings (SSSR count). The summed E-state index contributed by atoms with van der Waals surface area (Å²) in [4.78, 5) is 20.6. The van der Waals surface area contributed by atoms with Gasteiger partial charge >= 0.3 is 25.6 Å². The van der Waals surface area contributed by atoms with Gasteiger partial charge in [0, 0.05) is 42.2 Å². The standard InChI is InChI=1S/C33H34BF6N3O5/c1-19-29(20-12-21(32(35,36)37)14-22(13-20)33(38,39)40)48-30(44)43(19)16-26-24(7-9-28(41-26)42-10-5-11-42)25-15-23(6-8-27(25)45-4)34-46-17-31(2,3)18-47-34/h6-9,12-15,19,29H,5,10-11,16-18H2,1-4H3/p+1/t19-,29-/m0/s1. The molecular weight excluding hydrogens is 643 g/mol. The number of methoxy groups -OCH3 is 1. The van der Waals surface area contributed by atoms with Crippen LogP contribution in [0.4, 0.5) is 37.0 Å². The summed E-state index contributed by atoms with van der Waals surface area (Å²) in [7, 11) is 0.905. The molecule has 0 aliphatic carbocycles. The van der Waals surface area contributed by atoms with E-state index in [9.17, 15) is 31.1 Å². The monoisotopic (exact) mass is 678 g/mol. The number of rotatable bonds is 7. The second-order valence-corrected chi connectivity index (χ2v) is 13.2. The van der Waals surface area contributed by atoms with Gasteiger partial charge in [0.2, 0.25) is 5.82 Å². The summed E-state index contributed by atoms with van der Waals surface area (Å²) in [6.45, 7) is 8.21. The minimum atomic E-state index is -5.04. The van der Waals surface area contributed by atoms with E-state index in [4.69, 9.17) is 23.8 Å². The van der Waals surface area contributed by atoms with Crippen molar-refractivity contribution in [3.8, 4) is 16.9 Å². The third-order valence-corrected chi connectivity index (χ3v) is 8.98. The van der Waals surface area contributed by atoms with Gasteiger partial charge in [0.15, 0.2) is 0 Å². The van der Waals surface area contributed by atoms with Gasteiger partial charge < -0.3 is 18.8 Å². The number of ether oxygens (including phenoxy) is 2. The highest BCUT2D eigenvalue weighted by molar-refractivity contribution is 6.61. The molecule has 15 heteroatoms. The number of hydrogen-bond donors (Lipinski definition) is 1. The third kappa shape index (κ3) is 6.85. The lowest BCUT2D eigenvalue weighted by Crippen LogP contribution is -3.13. The second-order valence-electron chi connectivity index (χ2n) is 13.2. The van der Waals surface area contributed by atoms with Crippen molar-refractivity contribution in [2.75, 3.05) is 33.4 Å². The fourth-order valence-corrected chi connectivity index (χ4v) is 6.11. The number of pyridine rings is 1. The number of hydrogen-bond acceptors (Lipinski definition) is 6. The number of carbonyl (C=O) groups excluding carboxylic acids is 1. The lowest BCUT2D eigenvalue weighted by atomic mass is 9.75. The highest BCUT2D eigenvalue weighted by atomic mass is 19.4. The first-order valence-corrected chi connectivity index (χ1v) is 15.6. The Morgan fingerprint density at radius 2 is 1.60 bits per heavy atom. The Morgan fingerprint density at radius 3 is 2.17 bits per heavy atom. The number of cyclic esters (lactones) is 1. The molecule has 3 saturated heterocycles. The van der Waals surface area contributed by atoms with Crippen LogP contribution in [-0.2, 0) is 32.9 Å². The van der Waals surface area contributed by atoms with E-state index in [2.05, 4.69) is 0 Å². The molecule has 0 saturated carbocycles. The summed E-state index contributed by atoms with van der Waals surface area (Å²) in [5, 5.41) is 0. The Bertz CT molecular complexity index is 1650. The first-order chi connectivity index (χ1) is 22.5. The number of nitrogens with zero attached hydrogens (tertiary/aromatic N) is 2. The lowest BCUT2D eigenvalue weighted by molar-refractivity contribution is -0.877. The summed E-state index contributed by atoms with van der Waals surface area (Å²) in [6.07, 6.45) is -11.3. The molecule has 0 bridgehead atoms. The van der Waals surface area contributed by atoms with Crippen LogP contribution in [0.3, 0.4) is 0 Å². The molecule has 0 spiro atoms. The molecule has 3 aliphatic heterocycles. The SMILES string of the molecule is COc1ccc(B2OCC(C)(C)CO2)cc1-c1ccc([NH+]2CCC2)nc1CN1C(=O)O[C@H](c2cc(C(F)(F)F)cc(C(F)(F)F)c2)[C@@H]1C. The molecule has 48 heavy (non-hydrogen) atoms. The van der Waals surface area contributed by atoms with Gasteiger partial charge in [0.1, 0.15) is 11.9 Å². The van der Waals surface area contributed by atoms with E-state index in [0.29, 0.717) is 47.9 Å². The van der Waals surface area contributed by atoms with Gasteiger partial charge in [0.25, 0.3) is 0 Å². The maximum Gasteiger partial charge on any atom is 0.493 e. The van der Waals surface area contributed by atoms with E-state index < -0.39 is 54.4 Å². The third-order valence-electron chi connectivity index (χ3n) is 8.98. The van der Waals surface area contributed by atoms with Crippen molar-refractivity contribution in [2.45, 2.75) is 58.2 Å². The van der Waals surface area contributed by atoms with E-state index >= 15 is 0 Å². The van der Waals surface area contributed by atoms with Crippen LogP contribution < -0.4 is 15.1 Å². The first-order valence-electron chi connectivity index (χ1n) is 15.6. The molecule has 4 heterocycles. The minimum Gasteiger partial charge on any atom is -0.496 e. The molecule has 256 valence electrons. The summed E-state index contributed by atoms with van der Waals surface area (Å²) in [5.74, 6) is 1.27. The van der Waals surface area contributed by atoms with Crippen molar-refractivity contribution in [3.05, 3.63) is 70.9 Å². The fraction of sp³-hybridized carbons (Fsp3) is 0.455. The van der Waals surface area contributed by atoms with Gasteiger partial charge in [-0.25, -0.2) is 4.79 Å². The molecule has 8 nitrogen and oxygen atoms in total. The lowest BCUT2D eigenvalue weighted by Gasteiger charge is -2.33. The number of carbonyl (C=O) groups is 1. The highest BCUT2D eigenvalue weighted by Crippen LogP contribution is 2.42. The van der Waals surface area contributed by atoms with E-state index in [0.717, 1.165) is 35.7 Å². The minimum absolute atomic E-state index is 0.0499. The van der Waals surface area contributed by atoms with Crippen LogP contribution in [0.1, 0.15) is 55.7 Å².